The molecule has 126 valence electrons. The summed E-state index contributed by atoms with van der Waals surface area (Å²) in [7, 11) is 0. The molecule has 0 saturated carbocycles. The lowest BCUT2D eigenvalue weighted by atomic mass is 10.1. The Morgan fingerprint density at radius 2 is 1.54 bits per heavy atom. The zero-order valence-corrected chi connectivity index (χ0v) is 13.8. The Labute approximate surface area is 142 Å². The summed E-state index contributed by atoms with van der Waals surface area (Å²) in [4.78, 5) is 23.6. The van der Waals surface area contributed by atoms with Gasteiger partial charge in [-0.3, -0.25) is 4.79 Å². The molecule has 0 radical (unpaired) electrons. The van der Waals surface area contributed by atoms with Gasteiger partial charge in [0.15, 0.2) is 0 Å². The van der Waals surface area contributed by atoms with E-state index in [1.807, 2.05) is 67.6 Å². The van der Waals surface area contributed by atoms with E-state index < -0.39 is 0 Å². The van der Waals surface area contributed by atoms with Crippen molar-refractivity contribution in [2.75, 3.05) is 6.54 Å². The minimum Gasteiger partial charge on any atom is -0.350 e. The van der Waals surface area contributed by atoms with Crippen molar-refractivity contribution in [2.45, 2.75) is 25.9 Å². The van der Waals surface area contributed by atoms with Crippen LogP contribution < -0.4 is 16.0 Å². The average molecular weight is 325 g/mol. The highest BCUT2D eigenvalue weighted by Crippen LogP contribution is 2.10. The van der Waals surface area contributed by atoms with Crippen LogP contribution in [0.5, 0.6) is 0 Å². The maximum absolute atomic E-state index is 11.9. The van der Waals surface area contributed by atoms with Crippen molar-refractivity contribution < 1.29 is 9.59 Å². The fourth-order valence-corrected chi connectivity index (χ4v) is 2.27. The maximum atomic E-state index is 11.9. The van der Waals surface area contributed by atoms with Gasteiger partial charge in [0.2, 0.25) is 5.91 Å². The zero-order chi connectivity index (χ0) is 17.2. The van der Waals surface area contributed by atoms with E-state index in [4.69, 9.17) is 0 Å². The number of carbonyl (C=O) groups excluding carboxylic acids is 2. The van der Waals surface area contributed by atoms with Gasteiger partial charge in [-0.1, -0.05) is 60.7 Å². The van der Waals surface area contributed by atoms with Crippen LogP contribution in [0.3, 0.4) is 0 Å². The van der Waals surface area contributed by atoms with Crippen LogP contribution in [0.4, 0.5) is 4.79 Å². The van der Waals surface area contributed by atoms with E-state index in [-0.39, 0.29) is 24.4 Å². The molecule has 3 N–H and O–H groups in total. The molecule has 0 aliphatic carbocycles. The van der Waals surface area contributed by atoms with Crippen molar-refractivity contribution in [2.24, 2.45) is 0 Å². The summed E-state index contributed by atoms with van der Waals surface area (Å²) in [6.45, 7) is 2.70. The molecule has 3 amide bonds. The molecule has 0 fully saturated rings. The molecular weight excluding hydrogens is 302 g/mol. The normalized spacial score (nSPS) is 11.4. The molecule has 0 heterocycles. The fraction of sp³-hybridized carbons (Fsp3) is 0.263. The lowest BCUT2D eigenvalue weighted by Gasteiger charge is -2.14. The lowest BCUT2D eigenvalue weighted by molar-refractivity contribution is -0.121. The summed E-state index contributed by atoms with van der Waals surface area (Å²) >= 11 is 0. The van der Waals surface area contributed by atoms with Gasteiger partial charge in [-0.25, -0.2) is 4.79 Å². The van der Waals surface area contributed by atoms with Crippen LogP contribution in [0.15, 0.2) is 60.7 Å². The molecule has 2 aromatic rings. The summed E-state index contributed by atoms with van der Waals surface area (Å²) in [5.74, 6) is -0.0882. The number of hydrogen-bond acceptors (Lipinski definition) is 2. The highest BCUT2D eigenvalue weighted by atomic mass is 16.2. The van der Waals surface area contributed by atoms with Crippen molar-refractivity contribution in [1.82, 2.24) is 16.0 Å². The molecular formula is C19H23N3O2. The SMILES string of the molecule is CC(NC(=O)CCNC(=O)NCc1ccccc1)c1ccccc1. The number of rotatable bonds is 7. The third-order valence-corrected chi connectivity index (χ3v) is 3.61. The van der Waals surface area contributed by atoms with E-state index in [2.05, 4.69) is 16.0 Å². The third kappa shape index (κ3) is 6.12. The molecule has 0 bridgehead atoms. The second kappa shape index (κ2) is 9.35. The second-order valence-electron chi connectivity index (χ2n) is 5.54. The number of benzene rings is 2. The number of hydrogen-bond donors (Lipinski definition) is 3. The van der Waals surface area contributed by atoms with Crippen LogP contribution in [0.25, 0.3) is 0 Å². The van der Waals surface area contributed by atoms with Crippen LogP contribution in [0.2, 0.25) is 0 Å². The molecule has 2 aromatic carbocycles. The van der Waals surface area contributed by atoms with Crippen LogP contribution >= 0.6 is 0 Å². The van der Waals surface area contributed by atoms with E-state index in [1.54, 1.807) is 0 Å². The van der Waals surface area contributed by atoms with Crippen molar-refractivity contribution in [3.8, 4) is 0 Å². The Bertz CT molecular complexity index is 644. The third-order valence-electron chi connectivity index (χ3n) is 3.61. The van der Waals surface area contributed by atoms with E-state index in [1.165, 1.54) is 0 Å². The molecule has 5 nitrogen and oxygen atoms in total. The van der Waals surface area contributed by atoms with Gasteiger partial charge in [-0.15, -0.1) is 0 Å². The first-order chi connectivity index (χ1) is 11.6. The Morgan fingerprint density at radius 1 is 0.917 bits per heavy atom. The van der Waals surface area contributed by atoms with Gasteiger partial charge >= 0.3 is 6.03 Å². The van der Waals surface area contributed by atoms with Crippen molar-refractivity contribution in [3.05, 3.63) is 71.8 Å². The van der Waals surface area contributed by atoms with Gasteiger partial charge in [-0.05, 0) is 18.1 Å². The molecule has 1 unspecified atom stereocenters. The molecule has 0 aromatic heterocycles. The van der Waals surface area contributed by atoms with Gasteiger partial charge in [0, 0.05) is 19.5 Å². The largest absolute Gasteiger partial charge is 0.350 e. The number of amides is 3. The number of urea groups is 1. The predicted octanol–water partition coefficient (Wildman–Crippen LogP) is 2.75. The summed E-state index contributed by atoms with van der Waals surface area (Å²) in [6, 6.07) is 19.1. The molecule has 0 aliphatic rings. The van der Waals surface area contributed by atoms with Crippen molar-refractivity contribution >= 4 is 11.9 Å². The minimum absolute atomic E-state index is 0.0504. The molecule has 5 heteroatoms. The molecule has 0 spiro atoms. The average Bonchev–Trinajstić information content (AvgIpc) is 2.61. The smallest absolute Gasteiger partial charge is 0.315 e. The van der Waals surface area contributed by atoms with Crippen LogP contribution in [-0.2, 0) is 11.3 Å². The number of nitrogens with one attached hydrogen (secondary N) is 3. The molecule has 2 rings (SSSR count). The van der Waals surface area contributed by atoms with E-state index in [0.717, 1.165) is 11.1 Å². The van der Waals surface area contributed by atoms with Crippen LogP contribution in [0.1, 0.15) is 30.5 Å². The Balaban J connectivity index is 1.62. The number of carbonyl (C=O) groups is 2. The highest BCUT2D eigenvalue weighted by molar-refractivity contribution is 5.78. The minimum atomic E-state index is -0.275. The van der Waals surface area contributed by atoms with Gasteiger partial charge < -0.3 is 16.0 Å². The lowest BCUT2D eigenvalue weighted by Crippen LogP contribution is -2.37. The summed E-state index contributed by atoms with van der Waals surface area (Å²) in [5, 5.41) is 8.36. The van der Waals surface area contributed by atoms with Gasteiger partial charge in [0.05, 0.1) is 6.04 Å². The van der Waals surface area contributed by atoms with Gasteiger partial charge in [0.1, 0.15) is 0 Å². The monoisotopic (exact) mass is 325 g/mol. The van der Waals surface area contributed by atoms with Crippen LogP contribution in [-0.4, -0.2) is 18.5 Å². The molecule has 0 aliphatic heterocycles. The molecule has 24 heavy (non-hydrogen) atoms. The zero-order valence-electron chi connectivity index (χ0n) is 13.8. The van der Waals surface area contributed by atoms with Crippen molar-refractivity contribution in [1.29, 1.82) is 0 Å². The first kappa shape index (κ1) is 17.5. The van der Waals surface area contributed by atoms with Crippen LogP contribution in [0, 0.1) is 0 Å². The van der Waals surface area contributed by atoms with Gasteiger partial charge in [-0.2, -0.15) is 0 Å². The predicted molar refractivity (Wildman–Crippen MR) is 94.3 cm³/mol. The first-order valence-electron chi connectivity index (χ1n) is 8.05. The molecule has 0 saturated heterocycles. The van der Waals surface area contributed by atoms with E-state index >= 15 is 0 Å². The van der Waals surface area contributed by atoms with Gasteiger partial charge in [0.25, 0.3) is 0 Å². The summed E-state index contributed by atoms with van der Waals surface area (Å²) < 4.78 is 0. The first-order valence-corrected chi connectivity index (χ1v) is 8.05. The Kier molecular flexibility index (Phi) is 6.83. The van der Waals surface area contributed by atoms with E-state index in [0.29, 0.717) is 13.1 Å². The topological polar surface area (TPSA) is 70.2 Å². The summed E-state index contributed by atoms with van der Waals surface area (Å²) in [5.41, 5.74) is 2.08. The highest BCUT2D eigenvalue weighted by Gasteiger charge is 2.09. The standard InChI is InChI=1S/C19H23N3O2/c1-15(17-10-6-3-7-11-17)22-18(23)12-13-20-19(24)21-14-16-8-4-2-5-9-16/h2-11,15H,12-14H2,1H3,(H,22,23)(H2,20,21,24). The van der Waals surface area contributed by atoms with Crippen molar-refractivity contribution in [3.63, 3.8) is 0 Å². The second-order valence-corrected chi connectivity index (χ2v) is 5.54. The van der Waals surface area contributed by atoms with E-state index in [9.17, 15) is 9.59 Å². The molecule has 1 atom stereocenters. The summed E-state index contributed by atoms with van der Waals surface area (Å²) in [6.07, 6.45) is 0.246. The Hall–Kier alpha value is -2.82. The Morgan fingerprint density at radius 3 is 2.21 bits per heavy atom. The maximum Gasteiger partial charge on any atom is 0.315 e. The quantitative estimate of drug-likeness (QED) is 0.732. The fourth-order valence-electron chi connectivity index (χ4n) is 2.27.